The normalized spacial score (nSPS) is 19.9. The van der Waals surface area contributed by atoms with Gasteiger partial charge < -0.3 is 4.52 Å². The highest BCUT2D eigenvalue weighted by Crippen LogP contribution is 2.33. The fraction of sp³-hybridized carbons (Fsp3) is 0.467. The molecule has 0 saturated carbocycles. The lowest BCUT2D eigenvalue weighted by molar-refractivity contribution is 0.206. The van der Waals surface area contributed by atoms with Gasteiger partial charge in [0.05, 0.1) is 11.7 Å². The average molecular weight is 257 g/mol. The van der Waals surface area contributed by atoms with Crippen LogP contribution in [0.1, 0.15) is 42.8 Å². The van der Waals surface area contributed by atoms with Crippen molar-refractivity contribution in [3.05, 3.63) is 47.6 Å². The van der Waals surface area contributed by atoms with E-state index in [-0.39, 0.29) is 0 Å². The fourth-order valence-corrected chi connectivity index (χ4v) is 2.71. The molecule has 0 spiro atoms. The quantitative estimate of drug-likeness (QED) is 0.844. The number of pyridine rings is 1. The van der Waals surface area contributed by atoms with Gasteiger partial charge in [-0.1, -0.05) is 12.1 Å². The Morgan fingerprint density at radius 1 is 1.37 bits per heavy atom. The highest BCUT2D eigenvalue weighted by atomic mass is 16.5. The summed E-state index contributed by atoms with van der Waals surface area (Å²) in [5.41, 5.74) is 2.35. The van der Waals surface area contributed by atoms with Gasteiger partial charge in [0.25, 0.3) is 0 Å². The minimum atomic E-state index is 0.376. The van der Waals surface area contributed by atoms with Crippen molar-refractivity contribution in [3.8, 4) is 0 Å². The lowest BCUT2D eigenvalue weighted by atomic mass is 10.1. The second kappa shape index (κ2) is 5.53. The fourth-order valence-electron chi connectivity index (χ4n) is 2.71. The van der Waals surface area contributed by atoms with Crippen LogP contribution in [0.2, 0.25) is 0 Å². The Morgan fingerprint density at radius 3 is 2.95 bits per heavy atom. The minimum Gasteiger partial charge on any atom is -0.359 e. The number of hydrogen-bond acceptors (Lipinski definition) is 4. The number of nitrogens with zero attached hydrogens (tertiary/aromatic N) is 3. The number of hydrogen-bond donors (Lipinski definition) is 0. The lowest BCUT2D eigenvalue weighted by Crippen LogP contribution is -2.22. The van der Waals surface area contributed by atoms with Crippen molar-refractivity contribution in [2.75, 3.05) is 6.54 Å². The Hall–Kier alpha value is -1.68. The summed E-state index contributed by atoms with van der Waals surface area (Å²) in [4.78, 5) is 6.53. The van der Waals surface area contributed by atoms with E-state index in [2.05, 4.69) is 40.2 Å². The zero-order chi connectivity index (χ0) is 13.1. The highest BCUT2D eigenvalue weighted by molar-refractivity contribution is 5.14. The molecule has 0 radical (unpaired) electrons. The van der Waals surface area contributed by atoms with Crippen LogP contribution >= 0.6 is 0 Å². The van der Waals surface area contributed by atoms with E-state index in [1.54, 1.807) is 0 Å². The largest absolute Gasteiger partial charge is 0.359 e. The second-order valence-electron chi connectivity index (χ2n) is 5.06. The van der Waals surface area contributed by atoms with Crippen molar-refractivity contribution in [1.82, 2.24) is 15.0 Å². The zero-order valence-corrected chi connectivity index (χ0v) is 11.2. The van der Waals surface area contributed by atoms with E-state index in [1.807, 2.05) is 12.4 Å². The molecule has 1 aliphatic rings. The molecule has 1 unspecified atom stereocenters. The smallest absolute Gasteiger partial charge is 0.154 e. The van der Waals surface area contributed by atoms with Crippen LogP contribution in [0.15, 0.2) is 35.1 Å². The van der Waals surface area contributed by atoms with E-state index in [0.717, 1.165) is 37.4 Å². The van der Waals surface area contributed by atoms with E-state index in [4.69, 9.17) is 4.52 Å². The molecule has 19 heavy (non-hydrogen) atoms. The number of aryl methyl sites for hydroxylation is 1. The maximum atomic E-state index is 5.50. The SMILES string of the molecule is CCc1cc(C2CCCN2Cc2ccncc2)on1. The van der Waals surface area contributed by atoms with Crippen LogP contribution in [-0.4, -0.2) is 21.6 Å². The van der Waals surface area contributed by atoms with Gasteiger partial charge >= 0.3 is 0 Å². The van der Waals surface area contributed by atoms with Crippen LogP contribution in [0.3, 0.4) is 0 Å². The van der Waals surface area contributed by atoms with Crippen LogP contribution in [0.4, 0.5) is 0 Å². The van der Waals surface area contributed by atoms with Gasteiger partial charge in [0, 0.05) is 25.0 Å². The molecule has 1 saturated heterocycles. The van der Waals surface area contributed by atoms with Crippen LogP contribution in [0.5, 0.6) is 0 Å². The molecule has 0 bridgehead atoms. The minimum absolute atomic E-state index is 0.376. The average Bonchev–Trinajstić information content (AvgIpc) is 3.08. The van der Waals surface area contributed by atoms with E-state index < -0.39 is 0 Å². The van der Waals surface area contributed by atoms with Crippen molar-refractivity contribution in [2.24, 2.45) is 0 Å². The Morgan fingerprint density at radius 2 is 2.21 bits per heavy atom. The summed E-state index contributed by atoms with van der Waals surface area (Å²) in [6.07, 6.45) is 7.01. The molecule has 1 atom stereocenters. The van der Waals surface area contributed by atoms with Gasteiger partial charge in [-0.3, -0.25) is 9.88 Å². The standard InChI is InChI=1S/C15H19N3O/c1-2-13-10-15(19-17-13)14-4-3-9-18(14)11-12-5-7-16-8-6-12/h5-8,10,14H,2-4,9,11H2,1H3. The third-order valence-electron chi connectivity index (χ3n) is 3.77. The molecule has 100 valence electrons. The summed E-state index contributed by atoms with van der Waals surface area (Å²) in [6, 6.07) is 6.64. The predicted octanol–water partition coefficient (Wildman–Crippen LogP) is 2.97. The molecule has 4 nitrogen and oxygen atoms in total. The van der Waals surface area contributed by atoms with E-state index >= 15 is 0 Å². The van der Waals surface area contributed by atoms with Gasteiger partial charge in [0.2, 0.25) is 0 Å². The molecule has 1 aliphatic heterocycles. The predicted molar refractivity (Wildman–Crippen MR) is 72.5 cm³/mol. The zero-order valence-electron chi connectivity index (χ0n) is 11.2. The van der Waals surface area contributed by atoms with Crippen LogP contribution in [0.25, 0.3) is 0 Å². The van der Waals surface area contributed by atoms with Gasteiger partial charge in [-0.15, -0.1) is 0 Å². The summed E-state index contributed by atoms with van der Waals surface area (Å²) in [6.45, 7) is 4.18. The lowest BCUT2D eigenvalue weighted by Gasteiger charge is -2.22. The van der Waals surface area contributed by atoms with Crippen molar-refractivity contribution < 1.29 is 4.52 Å². The summed E-state index contributed by atoms with van der Waals surface area (Å²) in [5.74, 6) is 1.02. The monoisotopic (exact) mass is 257 g/mol. The number of likely N-dealkylation sites (tertiary alicyclic amines) is 1. The third-order valence-corrected chi connectivity index (χ3v) is 3.77. The first kappa shape index (κ1) is 12.4. The first-order chi connectivity index (χ1) is 9.36. The molecular formula is C15H19N3O. The van der Waals surface area contributed by atoms with Gasteiger partial charge in [-0.25, -0.2) is 0 Å². The number of aromatic nitrogens is 2. The Bertz CT molecular complexity index is 523. The molecule has 4 heteroatoms. The van der Waals surface area contributed by atoms with Gasteiger partial charge in [-0.2, -0.15) is 0 Å². The molecule has 0 amide bonds. The highest BCUT2D eigenvalue weighted by Gasteiger charge is 2.29. The maximum absolute atomic E-state index is 5.50. The molecule has 3 rings (SSSR count). The summed E-state index contributed by atoms with van der Waals surface area (Å²) >= 11 is 0. The molecule has 1 fully saturated rings. The van der Waals surface area contributed by atoms with Gasteiger partial charge in [0.1, 0.15) is 0 Å². The molecular weight excluding hydrogens is 238 g/mol. The topological polar surface area (TPSA) is 42.2 Å². The van der Waals surface area contributed by atoms with Crippen LogP contribution in [0, 0.1) is 0 Å². The van der Waals surface area contributed by atoms with Crippen molar-refractivity contribution in [2.45, 2.75) is 38.8 Å². The molecule has 2 aromatic rings. The first-order valence-corrected chi connectivity index (χ1v) is 6.95. The van der Waals surface area contributed by atoms with E-state index in [1.165, 1.54) is 12.0 Å². The molecule has 0 aromatic carbocycles. The second-order valence-corrected chi connectivity index (χ2v) is 5.06. The molecule has 0 N–H and O–H groups in total. The number of rotatable bonds is 4. The Labute approximate surface area is 113 Å². The Kier molecular flexibility index (Phi) is 3.60. The van der Waals surface area contributed by atoms with Gasteiger partial charge in [-0.05, 0) is 43.5 Å². The van der Waals surface area contributed by atoms with Crippen molar-refractivity contribution in [1.29, 1.82) is 0 Å². The Balaban J connectivity index is 1.74. The van der Waals surface area contributed by atoms with Gasteiger partial charge in [0.15, 0.2) is 5.76 Å². The third kappa shape index (κ3) is 2.68. The van der Waals surface area contributed by atoms with Crippen molar-refractivity contribution in [3.63, 3.8) is 0 Å². The summed E-state index contributed by atoms with van der Waals surface area (Å²) < 4.78 is 5.50. The first-order valence-electron chi connectivity index (χ1n) is 6.95. The summed E-state index contributed by atoms with van der Waals surface area (Å²) in [5, 5.41) is 4.11. The molecule has 0 aliphatic carbocycles. The van der Waals surface area contributed by atoms with Crippen LogP contribution < -0.4 is 0 Å². The molecule has 3 heterocycles. The van der Waals surface area contributed by atoms with E-state index in [0.29, 0.717) is 6.04 Å². The van der Waals surface area contributed by atoms with E-state index in [9.17, 15) is 0 Å². The summed E-state index contributed by atoms with van der Waals surface area (Å²) in [7, 11) is 0. The maximum Gasteiger partial charge on any atom is 0.154 e. The van der Waals surface area contributed by atoms with Crippen LogP contribution in [-0.2, 0) is 13.0 Å². The molecule has 2 aromatic heterocycles. The van der Waals surface area contributed by atoms with Crippen molar-refractivity contribution >= 4 is 0 Å².